The molecule has 0 aromatic carbocycles. The topological polar surface area (TPSA) is 59.7 Å². The van der Waals surface area contributed by atoms with Gasteiger partial charge in [0.1, 0.15) is 11.5 Å². The average molecular weight is 212 g/mol. The highest BCUT2D eigenvalue weighted by Gasteiger charge is 2.18. The predicted molar refractivity (Wildman–Crippen MR) is 56.4 cm³/mol. The van der Waals surface area contributed by atoms with Gasteiger partial charge in [-0.05, 0) is 13.3 Å². The second-order valence-electron chi connectivity index (χ2n) is 3.39. The second-order valence-corrected chi connectivity index (χ2v) is 3.39. The van der Waals surface area contributed by atoms with Gasteiger partial charge in [0.2, 0.25) is 0 Å². The van der Waals surface area contributed by atoms with Crippen LogP contribution in [-0.4, -0.2) is 18.8 Å². The van der Waals surface area contributed by atoms with Gasteiger partial charge in [-0.2, -0.15) is 0 Å². The third kappa shape index (κ3) is 2.39. The van der Waals surface area contributed by atoms with E-state index in [1.165, 1.54) is 13.2 Å². The summed E-state index contributed by atoms with van der Waals surface area (Å²) in [5, 5.41) is 9.22. The zero-order valence-electron chi connectivity index (χ0n) is 9.24. The SMILES string of the molecule is CC[C@H](CO)c1c(OC)cc(=O)oc1C. The van der Waals surface area contributed by atoms with E-state index in [2.05, 4.69) is 0 Å². The summed E-state index contributed by atoms with van der Waals surface area (Å²) in [6.45, 7) is 3.68. The zero-order valence-corrected chi connectivity index (χ0v) is 9.24. The lowest BCUT2D eigenvalue weighted by Gasteiger charge is -2.16. The fourth-order valence-electron chi connectivity index (χ4n) is 1.68. The van der Waals surface area contributed by atoms with Crippen LogP contribution in [0.5, 0.6) is 5.75 Å². The van der Waals surface area contributed by atoms with Crippen LogP contribution in [0.4, 0.5) is 0 Å². The van der Waals surface area contributed by atoms with Crippen molar-refractivity contribution in [3.63, 3.8) is 0 Å². The molecule has 0 aliphatic heterocycles. The van der Waals surface area contributed by atoms with Gasteiger partial charge >= 0.3 is 5.63 Å². The summed E-state index contributed by atoms with van der Waals surface area (Å²) < 4.78 is 10.1. The third-order valence-electron chi connectivity index (χ3n) is 2.49. The van der Waals surface area contributed by atoms with Crippen LogP contribution < -0.4 is 10.4 Å². The number of aliphatic hydroxyl groups is 1. The summed E-state index contributed by atoms with van der Waals surface area (Å²) in [6.07, 6.45) is 0.765. The normalized spacial score (nSPS) is 12.5. The molecular weight excluding hydrogens is 196 g/mol. The van der Waals surface area contributed by atoms with E-state index in [1.54, 1.807) is 6.92 Å². The minimum atomic E-state index is -0.430. The van der Waals surface area contributed by atoms with Crippen molar-refractivity contribution in [1.82, 2.24) is 0 Å². The monoisotopic (exact) mass is 212 g/mol. The average Bonchev–Trinajstić information content (AvgIpc) is 2.21. The summed E-state index contributed by atoms with van der Waals surface area (Å²) in [5.74, 6) is 0.953. The number of methoxy groups -OCH3 is 1. The summed E-state index contributed by atoms with van der Waals surface area (Å²) in [5.41, 5.74) is 0.350. The molecule has 0 unspecified atom stereocenters. The van der Waals surface area contributed by atoms with Crippen LogP contribution >= 0.6 is 0 Å². The molecule has 4 heteroatoms. The first-order valence-corrected chi connectivity index (χ1v) is 4.93. The van der Waals surface area contributed by atoms with E-state index in [0.29, 0.717) is 11.5 Å². The highest BCUT2D eigenvalue weighted by atomic mass is 16.5. The fourth-order valence-corrected chi connectivity index (χ4v) is 1.68. The van der Waals surface area contributed by atoms with Gasteiger partial charge in [0.25, 0.3) is 0 Å². The Labute approximate surface area is 88.5 Å². The van der Waals surface area contributed by atoms with Crippen molar-refractivity contribution in [3.05, 3.63) is 27.8 Å². The van der Waals surface area contributed by atoms with Crippen molar-refractivity contribution in [2.24, 2.45) is 0 Å². The van der Waals surface area contributed by atoms with Gasteiger partial charge in [0, 0.05) is 11.5 Å². The van der Waals surface area contributed by atoms with Crippen molar-refractivity contribution in [2.45, 2.75) is 26.2 Å². The first-order valence-electron chi connectivity index (χ1n) is 4.93. The van der Waals surface area contributed by atoms with Crippen molar-refractivity contribution in [1.29, 1.82) is 0 Å². The first kappa shape index (κ1) is 11.8. The molecule has 0 fully saturated rings. The molecule has 1 aromatic rings. The molecule has 0 spiro atoms. The van der Waals surface area contributed by atoms with Crippen LogP contribution in [0, 0.1) is 6.92 Å². The fraction of sp³-hybridized carbons (Fsp3) is 0.545. The summed E-state index contributed by atoms with van der Waals surface area (Å²) in [6, 6.07) is 1.31. The summed E-state index contributed by atoms with van der Waals surface area (Å²) in [4.78, 5) is 11.1. The molecule has 0 aliphatic rings. The third-order valence-corrected chi connectivity index (χ3v) is 2.49. The molecule has 4 nitrogen and oxygen atoms in total. The van der Waals surface area contributed by atoms with Gasteiger partial charge in [0.05, 0.1) is 19.8 Å². The highest BCUT2D eigenvalue weighted by molar-refractivity contribution is 5.36. The van der Waals surface area contributed by atoms with Gasteiger partial charge in [0.15, 0.2) is 0 Å². The zero-order chi connectivity index (χ0) is 11.4. The smallest absolute Gasteiger partial charge is 0.339 e. The van der Waals surface area contributed by atoms with Crippen molar-refractivity contribution in [3.8, 4) is 5.75 Å². The van der Waals surface area contributed by atoms with Crippen LogP contribution in [0.25, 0.3) is 0 Å². The lowest BCUT2D eigenvalue weighted by Crippen LogP contribution is -2.11. The molecule has 1 N–H and O–H groups in total. The minimum absolute atomic E-state index is 0.0153. The minimum Gasteiger partial charge on any atom is -0.496 e. The Balaban J connectivity index is 3.31. The van der Waals surface area contributed by atoms with Crippen LogP contribution in [0.15, 0.2) is 15.3 Å². The number of ether oxygens (including phenoxy) is 1. The Hall–Kier alpha value is -1.29. The van der Waals surface area contributed by atoms with Gasteiger partial charge in [-0.25, -0.2) is 4.79 Å². The Kier molecular flexibility index (Phi) is 3.91. The molecule has 84 valence electrons. The lowest BCUT2D eigenvalue weighted by molar-refractivity contribution is 0.254. The predicted octanol–water partition coefficient (Wildman–Crippen LogP) is 1.44. The largest absolute Gasteiger partial charge is 0.496 e. The molecule has 0 bridgehead atoms. The van der Waals surface area contributed by atoms with E-state index in [1.807, 2.05) is 6.92 Å². The van der Waals surface area contributed by atoms with Crippen molar-refractivity contribution >= 4 is 0 Å². The quantitative estimate of drug-likeness (QED) is 0.820. The molecule has 0 aliphatic carbocycles. The molecule has 15 heavy (non-hydrogen) atoms. The Morgan fingerprint density at radius 2 is 2.27 bits per heavy atom. The summed E-state index contributed by atoms with van der Waals surface area (Å²) in [7, 11) is 1.50. The first-order chi connectivity index (χ1) is 7.13. The van der Waals surface area contributed by atoms with Crippen LogP contribution in [0.1, 0.15) is 30.6 Å². The number of aryl methyl sites for hydroxylation is 1. The van der Waals surface area contributed by atoms with E-state index in [-0.39, 0.29) is 12.5 Å². The van der Waals surface area contributed by atoms with E-state index in [0.717, 1.165) is 12.0 Å². The van der Waals surface area contributed by atoms with Crippen LogP contribution in [0.3, 0.4) is 0 Å². The highest BCUT2D eigenvalue weighted by Crippen LogP contribution is 2.30. The lowest BCUT2D eigenvalue weighted by atomic mass is 9.96. The van der Waals surface area contributed by atoms with Crippen molar-refractivity contribution < 1.29 is 14.3 Å². The van der Waals surface area contributed by atoms with Crippen molar-refractivity contribution in [2.75, 3.05) is 13.7 Å². The Morgan fingerprint density at radius 1 is 1.60 bits per heavy atom. The van der Waals surface area contributed by atoms with E-state index < -0.39 is 5.63 Å². The molecule has 1 rings (SSSR count). The number of hydrogen-bond donors (Lipinski definition) is 1. The summed E-state index contributed by atoms with van der Waals surface area (Å²) >= 11 is 0. The molecule has 1 atom stereocenters. The number of rotatable bonds is 4. The van der Waals surface area contributed by atoms with Gasteiger partial charge in [-0.1, -0.05) is 6.92 Å². The maximum atomic E-state index is 11.1. The standard InChI is InChI=1S/C11H16O4/c1-4-8(6-12)11-7(2)15-10(13)5-9(11)14-3/h5,8,12H,4,6H2,1-3H3/t8-/m1/s1. The maximum Gasteiger partial charge on any atom is 0.339 e. The number of hydrogen-bond acceptors (Lipinski definition) is 4. The van der Waals surface area contributed by atoms with Crippen LogP contribution in [-0.2, 0) is 0 Å². The van der Waals surface area contributed by atoms with Gasteiger partial charge < -0.3 is 14.3 Å². The Morgan fingerprint density at radius 3 is 2.73 bits per heavy atom. The maximum absolute atomic E-state index is 11.1. The van der Waals surface area contributed by atoms with E-state index >= 15 is 0 Å². The molecule has 0 saturated carbocycles. The molecular formula is C11H16O4. The molecule has 0 saturated heterocycles. The van der Waals surface area contributed by atoms with Crippen LogP contribution in [0.2, 0.25) is 0 Å². The van der Waals surface area contributed by atoms with Gasteiger partial charge in [-0.15, -0.1) is 0 Å². The van der Waals surface area contributed by atoms with E-state index in [9.17, 15) is 9.90 Å². The van der Waals surface area contributed by atoms with Gasteiger partial charge in [-0.3, -0.25) is 0 Å². The second kappa shape index (κ2) is 4.98. The molecule has 0 radical (unpaired) electrons. The molecule has 0 amide bonds. The Bertz CT molecular complexity index is 377. The number of aliphatic hydroxyl groups excluding tert-OH is 1. The molecule has 1 aromatic heterocycles. The molecule has 1 heterocycles. The van der Waals surface area contributed by atoms with E-state index in [4.69, 9.17) is 9.15 Å².